The molecule has 2 aromatic rings. The highest BCUT2D eigenvalue weighted by Crippen LogP contribution is 2.37. The SMILES string of the molecule is Nc1c(Cl)ncnc1N1CCc2ccccc21. The predicted molar refractivity (Wildman–Crippen MR) is 68.6 cm³/mol. The Morgan fingerprint density at radius 1 is 1.24 bits per heavy atom. The van der Waals surface area contributed by atoms with Crippen LogP contribution in [0.3, 0.4) is 0 Å². The largest absolute Gasteiger partial charge is 0.393 e. The molecule has 0 radical (unpaired) electrons. The standard InChI is InChI=1S/C12H11ClN4/c13-11-10(14)12(16-7-15-11)17-6-5-8-3-1-2-4-9(8)17/h1-4,7H,5-6,14H2. The van der Waals surface area contributed by atoms with E-state index in [0.29, 0.717) is 16.7 Å². The minimum atomic E-state index is 0.305. The number of aromatic nitrogens is 2. The van der Waals surface area contributed by atoms with E-state index in [1.54, 1.807) is 0 Å². The highest BCUT2D eigenvalue weighted by atomic mass is 35.5. The van der Waals surface area contributed by atoms with Gasteiger partial charge in [0.2, 0.25) is 0 Å². The van der Waals surface area contributed by atoms with Crippen molar-refractivity contribution in [2.24, 2.45) is 0 Å². The Bertz CT molecular complexity index is 570. The highest BCUT2D eigenvalue weighted by Gasteiger charge is 2.23. The summed E-state index contributed by atoms with van der Waals surface area (Å²) in [5.74, 6) is 0.690. The summed E-state index contributed by atoms with van der Waals surface area (Å²) in [5.41, 5.74) is 8.81. The van der Waals surface area contributed by atoms with E-state index in [1.807, 2.05) is 12.1 Å². The number of hydrogen-bond acceptors (Lipinski definition) is 4. The van der Waals surface area contributed by atoms with Crippen molar-refractivity contribution in [2.45, 2.75) is 6.42 Å². The summed E-state index contributed by atoms with van der Waals surface area (Å²) in [6, 6.07) is 8.24. The first-order valence-corrected chi connectivity index (χ1v) is 5.76. The van der Waals surface area contributed by atoms with Crippen LogP contribution in [0, 0.1) is 0 Å². The molecule has 1 aliphatic heterocycles. The van der Waals surface area contributed by atoms with Gasteiger partial charge in [-0.3, -0.25) is 0 Å². The smallest absolute Gasteiger partial charge is 0.161 e. The molecule has 0 aliphatic carbocycles. The molecule has 0 fully saturated rings. The van der Waals surface area contributed by atoms with Crippen LogP contribution in [0.5, 0.6) is 0 Å². The topological polar surface area (TPSA) is 55.0 Å². The van der Waals surface area contributed by atoms with Crippen LogP contribution in [0.25, 0.3) is 0 Å². The van der Waals surface area contributed by atoms with Crippen molar-refractivity contribution < 1.29 is 0 Å². The third kappa shape index (κ3) is 1.61. The van der Waals surface area contributed by atoms with E-state index in [2.05, 4.69) is 27.0 Å². The average Bonchev–Trinajstić information content (AvgIpc) is 2.77. The molecule has 0 saturated carbocycles. The number of anilines is 3. The third-order valence-corrected chi connectivity index (χ3v) is 3.26. The molecule has 5 heteroatoms. The van der Waals surface area contributed by atoms with Crippen LogP contribution in [0.1, 0.15) is 5.56 Å². The highest BCUT2D eigenvalue weighted by molar-refractivity contribution is 6.32. The van der Waals surface area contributed by atoms with E-state index in [-0.39, 0.29) is 0 Å². The molecule has 0 spiro atoms. The number of halogens is 1. The predicted octanol–water partition coefficient (Wildman–Crippen LogP) is 2.41. The summed E-state index contributed by atoms with van der Waals surface area (Å²) in [5, 5.41) is 0.305. The summed E-state index contributed by atoms with van der Waals surface area (Å²) in [6.07, 6.45) is 2.44. The molecule has 4 nitrogen and oxygen atoms in total. The molecular weight excluding hydrogens is 236 g/mol. The molecule has 1 aliphatic rings. The van der Waals surface area contributed by atoms with Gasteiger partial charge in [-0.05, 0) is 18.1 Å². The fourth-order valence-electron chi connectivity index (χ4n) is 2.14. The van der Waals surface area contributed by atoms with E-state index < -0.39 is 0 Å². The second-order valence-corrected chi connectivity index (χ2v) is 4.29. The number of nitrogens with zero attached hydrogens (tertiary/aromatic N) is 3. The van der Waals surface area contributed by atoms with Gasteiger partial charge < -0.3 is 10.6 Å². The van der Waals surface area contributed by atoms with Gasteiger partial charge in [0.25, 0.3) is 0 Å². The Morgan fingerprint density at radius 2 is 2.06 bits per heavy atom. The lowest BCUT2D eigenvalue weighted by Crippen LogP contribution is -2.17. The Balaban J connectivity index is 2.10. The summed E-state index contributed by atoms with van der Waals surface area (Å²) >= 11 is 5.92. The summed E-state index contributed by atoms with van der Waals surface area (Å²) < 4.78 is 0. The number of para-hydroxylation sites is 1. The van der Waals surface area contributed by atoms with Crippen molar-refractivity contribution in [3.8, 4) is 0 Å². The Hall–Kier alpha value is -1.81. The van der Waals surface area contributed by atoms with Gasteiger partial charge in [-0.15, -0.1) is 0 Å². The molecule has 0 unspecified atom stereocenters. The van der Waals surface area contributed by atoms with Crippen molar-refractivity contribution in [1.82, 2.24) is 9.97 Å². The van der Waals surface area contributed by atoms with Gasteiger partial charge in [0.1, 0.15) is 12.0 Å². The fourth-order valence-corrected chi connectivity index (χ4v) is 2.27. The van der Waals surface area contributed by atoms with Crippen LogP contribution in [0.15, 0.2) is 30.6 Å². The lowest BCUT2D eigenvalue weighted by Gasteiger charge is -2.19. The second-order valence-electron chi connectivity index (χ2n) is 3.93. The van der Waals surface area contributed by atoms with Gasteiger partial charge in [-0.2, -0.15) is 0 Å². The first kappa shape index (κ1) is 10.4. The minimum Gasteiger partial charge on any atom is -0.393 e. The third-order valence-electron chi connectivity index (χ3n) is 2.96. The molecule has 0 atom stereocenters. The second kappa shape index (κ2) is 3.89. The van der Waals surface area contributed by atoms with Crippen molar-refractivity contribution in [1.29, 1.82) is 0 Å². The Morgan fingerprint density at radius 3 is 2.94 bits per heavy atom. The summed E-state index contributed by atoms with van der Waals surface area (Å²) in [4.78, 5) is 10.2. The number of fused-ring (bicyclic) bond motifs is 1. The van der Waals surface area contributed by atoms with Gasteiger partial charge in [-0.1, -0.05) is 29.8 Å². The van der Waals surface area contributed by atoms with Gasteiger partial charge in [0.05, 0.1) is 0 Å². The van der Waals surface area contributed by atoms with E-state index in [1.165, 1.54) is 11.9 Å². The molecule has 0 amide bonds. The van der Waals surface area contributed by atoms with E-state index in [4.69, 9.17) is 17.3 Å². The summed E-state index contributed by atoms with van der Waals surface area (Å²) in [6.45, 7) is 0.872. The molecule has 2 N–H and O–H groups in total. The first-order valence-electron chi connectivity index (χ1n) is 5.39. The van der Waals surface area contributed by atoms with Crippen LogP contribution in [0.4, 0.5) is 17.2 Å². The maximum Gasteiger partial charge on any atom is 0.161 e. The number of nitrogen functional groups attached to an aromatic ring is 1. The molecule has 2 heterocycles. The van der Waals surface area contributed by atoms with Crippen LogP contribution in [0.2, 0.25) is 5.15 Å². The van der Waals surface area contributed by atoms with Crippen molar-refractivity contribution in [2.75, 3.05) is 17.2 Å². The van der Waals surface area contributed by atoms with Crippen molar-refractivity contribution >= 4 is 28.8 Å². The van der Waals surface area contributed by atoms with E-state index >= 15 is 0 Å². The lowest BCUT2D eigenvalue weighted by atomic mass is 10.2. The van der Waals surface area contributed by atoms with Crippen molar-refractivity contribution in [3.63, 3.8) is 0 Å². The van der Waals surface area contributed by atoms with Crippen LogP contribution >= 0.6 is 11.6 Å². The van der Waals surface area contributed by atoms with Crippen molar-refractivity contribution in [3.05, 3.63) is 41.3 Å². The molecule has 1 aromatic carbocycles. The maximum absolute atomic E-state index is 5.92. The van der Waals surface area contributed by atoms with E-state index in [0.717, 1.165) is 18.7 Å². The van der Waals surface area contributed by atoms with Gasteiger partial charge in [-0.25, -0.2) is 9.97 Å². The van der Waals surface area contributed by atoms with Crippen LogP contribution < -0.4 is 10.6 Å². The molecule has 1 aromatic heterocycles. The van der Waals surface area contributed by atoms with Crippen LogP contribution in [-0.2, 0) is 6.42 Å². The Labute approximate surface area is 104 Å². The number of nitrogens with two attached hydrogens (primary N) is 1. The van der Waals surface area contributed by atoms with Gasteiger partial charge in [0.15, 0.2) is 11.0 Å². The fraction of sp³-hybridized carbons (Fsp3) is 0.167. The quantitative estimate of drug-likeness (QED) is 0.785. The molecule has 0 saturated heterocycles. The molecular formula is C12H11ClN4. The first-order chi connectivity index (χ1) is 8.27. The lowest BCUT2D eigenvalue weighted by molar-refractivity contribution is 0.967. The number of benzene rings is 1. The molecule has 3 rings (SSSR count). The zero-order chi connectivity index (χ0) is 11.8. The van der Waals surface area contributed by atoms with E-state index in [9.17, 15) is 0 Å². The average molecular weight is 247 g/mol. The summed E-state index contributed by atoms with van der Waals surface area (Å²) in [7, 11) is 0. The molecule has 17 heavy (non-hydrogen) atoms. The zero-order valence-electron chi connectivity index (χ0n) is 9.10. The monoisotopic (exact) mass is 246 g/mol. The maximum atomic E-state index is 5.92. The number of rotatable bonds is 1. The van der Waals surface area contributed by atoms with Crippen LogP contribution in [-0.4, -0.2) is 16.5 Å². The minimum absolute atomic E-state index is 0.305. The molecule has 0 bridgehead atoms. The number of hydrogen-bond donors (Lipinski definition) is 1. The normalized spacial score (nSPS) is 13.8. The molecule has 86 valence electrons. The zero-order valence-corrected chi connectivity index (χ0v) is 9.85. The van der Waals surface area contributed by atoms with Gasteiger partial charge in [0, 0.05) is 12.2 Å². The van der Waals surface area contributed by atoms with Gasteiger partial charge >= 0.3 is 0 Å². The Kier molecular flexibility index (Phi) is 2.37.